The van der Waals surface area contributed by atoms with E-state index in [1.54, 1.807) is 0 Å². The van der Waals surface area contributed by atoms with Crippen LogP contribution in [0.3, 0.4) is 0 Å². The van der Waals surface area contributed by atoms with E-state index in [-0.39, 0.29) is 6.10 Å². The number of aliphatic hydroxyl groups excluding tert-OH is 1. The highest BCUT2D eigenvalue weighted by molar-refractivity contribution is 4.76. The van der Waals surface area contributed by atoms with Gasteiger partial charge in [-0.05, 0) is 31.1 Å². The summed E-state index contributed by atoms with van der Waals surface area (Å²) in [7, 11) is 0. The molecule has 1 saturated carbocycles. The molecule has 1 atom stereocenters. The lowest BCUT2D eigenvalue weighted by molar-refractivity contribution is 0.0658. The summed E-state index contributed by atoms with van der Waals surface area (Å²) >= 11 is 0. The maximum atomic E-state index is 9.83. The van der Waals surface area contributed by atoms with Crippen LogP contribution in [0.5, 0.6) is 0 Å². The van der Waals surface area contributed by atoms with Gasteiger partial charge in [0.2, 0.25) is 0 Å². The molecule has 0 radical (unpaired) electrons. The highest BCUT2D eigenvalue weighted by Gasteiger charge is 2.24. The topological polar surface area (TPSA) is 20.2 Å². The normalized spacial score (nSPS) is 31.6. The van der Waals surface area contributed by atoms with E-state index in [0.717, 1.165) is 18.8 Å². The Morgan fingerprint density at radius 3 is 2.23 bits per heavy atom. The SMILES string of the molecule is CCC[C@@H](O)C1CCC(CC)CC1. The molecule has 0 unspecified atom stereocenters. The third-order valence-corrected chi connectivity index (χ3v) is 3.60. The molecule has 1 aliphatic carbocycles. The van der Waals surface area contributed by atoms with Gasteiger partial charge in [0.25, 0.3) is 0 Å². The Morgan fingerprint density at radius 2 is 1.77 bits per heavy atom. The minimum absolute atomic E-state index is 0.0113. The quantitative estimate of drug-likeness (QED) is 0.710. The highest BCUT2D eigenvalue weighted by Crippen LogP contribution is 2.33. The molecule has 1 rings (SSSR count). The molecule has 1 N–H and O–H groups in total. The Bertz CT molecular complexity index is 125. The van der Waals surface area contributed by atoms with Crippen molar-refractivity contribution in [1.82, 2.24) is 0 Å². The highest BCUT2D eigenvalue weighted by atomic mass is 16.3. The van der Waals surface area contributed by atoms with Gasteiger partial charge in [0.1, 0.15) is 0 Å². The molecule has 1 nitrogen and oxygen atoms in total. The fourth-order valence-corrected chi connectivity index (χ4v) is 2.51. The molecular weight excluding hydrogens is 160 g/mol. The number of rotatable bonds is 4. The van der Waals surface area contributed by atoms with E-state index in [2.05, 4.69) is 13.8 Å². The zero-order valence-corrected chi connectivity index (χ0v) is 9.13. The minimum atomic E-state index is -0.0113. The standard InChI is InChI=1S/C12H24O/c1-3-5-12(13)11-8-6-10(4-2)7-9-11/h10-13H,3-9H2,1-2H3/t10?,11?,12-/m1/s1. The van der Waals surface area contributed by atoms with Gasteiger partial charge in [-0.3, -0.25) is 0 Å². The average Bonchev–Trinajstić information content (AvgIpc) is 2.18. The fourth-order valence-electron chi connectivity index (χ4n) is 2.51. The van der Waals surface area contributed by atoms with Crippen molar-refractivity contribution >= 4 is 0 Å². The lowest BCUT2D eigenvalue weighted by Gasteiger charge is -2.30. The van der Waals surface area contributed by atoms with Crippen LogP contribution < -0.4 is 0 Å². The number of aliphatic hydroxyl groups is 1. The Morgan fingerprint density at radius 1 is 1.15 bits per heavy atom. The minimum Gasteiger partial charge on any atom is -0.393 e. The van der Waals surface area contributed by atoms with E-state index in [1.165, 1.54) is 32.1 Å². The molecule has 0 aromatic carbocycles. The first-order chi connectivity index (χ1) is 6.27. The van der Waals surface area contributed by atoms with Gasteiger partial charge in [-0.1, -0.05) is 39.5 Å². The second-order valence-corrected chi connectivity index (χ2v) is 4.55. The predicted molar refractivity (Wildman–Crippen MR) is 56.7 cm³/mol. The van der Waals surface area contributed by atoms with E-state index in [0.29, 0.717) is 5.92 Å². The van der Waals surface area contributed by atoms with Crippen LogP contribution in [-0.4, -0.2) is 11.2 Å². The third kappa shape index (κ3) is 3.30. The Balaban J connectivity index is 2.23. The van der Waals surface area contributed by atoms with Crippen molar-refractivity contribution < 1.29 is 5.11 Å². The molecule has 0 amide bonds. The molecule has 0 saturated heterocycles. The van der Waals surface area contributed by atoms with Gasteiger partial charge >= 0.3 is 0 Å². The molecule has 0 aromatic heterocycles. The zero-order valence-electron chi connectivity index (χ0n) is 9.13. The van der Waals surface area contributed by atoms with E-state index in [9.17, 15) is 5.11 Å². The van der Waals surface area contributed by atoms with Crippen LogP contribution in [0.2, 0.25) is 0 Å². The molecule has 0 bridgehead atoms. The fraction of sp³-hybridized carbons (Fsp3) is 1.00. The summed E-state index contributed by atoms with van der Waals surface area (Å²) in [5, 5.41) is 9.83. The van der Waals surface area contributed by atoms with E-state index in [4.69, 9.17) is 0 Å². The van der Waals surface area contributed by atoms with Crippen LogP contribution in [0.25, 0.3) is 0 Å². The lowest BCUT2D eigenvalue weighted by Crippen LogP contribution is -2.25. The van der Waals surface area contributed by atoms with Crippen molar-refractivity contribution in [2.75, 3.05) is 0 Å². The van der Waals surface area contributed by atoms with E-state index < -0.39 is 0 Å². The molecular formula is C12H24O. The summed E-state index contributed by atoms with van der Waals surface area (Å²) in [5.41, 5.74) is 0. The van der Waals surface area contributed by atoms with Crippen LogP contribution in [0.4, 0.5) is 0 Å². The van der Waals surface area contributed by atoms with E-state index in [1.807, 2.05) is 0 Å². The first-order valence-corrected chi connectivity index (χ1v) is 5.96. The second-order valence-electron chi connectivity index (χ2n) is 4.55. The van der Waals surface area contributed by atoms with Crippen LogP contribution in [-0.2, 0) is 0 Å². The van der Waals surface area contributed by atoms with Crippen LogP contribution >= 0.6 is 0 Å². The third-order valence-electron chi connectivity index (χ3n) is 3.60. The van der Waals surface area contributed by atoms with Gasteiger partial charge < -0.3 is 5.11 Å². The van der Waals surface area contributed by atoms with Crippen molar-refractivity contribution in [3.8, 4) is 0 Å². The van der Waals surface area contributed by atoms with Gasteiger partial charge in [0.15, 0.2) is 0 Å². The Hall–Kier alpha value is -0.0400. The van der Waals surface area contributed by atoms with Crippen molar-refractivity contribution in [3.63, 3.8) is 0 Å². The van der Waals surface area contributed by atoms with Gasteiger partial charge in [0.05, 0.1) is 6.10 Å². The summed E-state index contributed by atoms with van der Waals surface area (Å²) < 4.78 is 0. The van der Waals surface area contributed by atoms with Gasteiger partial charge in [0, 0.05) is 0 Å². The van der Waals surface area contributed by atoms with Crippen molar-refractivity contribution in [3.05, 3.63) is 0 Å². The largest absolute Gasteiger partial charge is 0.393 e. The van der Waals surface area contributed by atoms with Crippen molar-refractivity contribution in [2.24, 2.45) is 11.8 Å². The van der Waals surface area contributed by atoms with Gasteiger partial charge in [-0.15, -0.1) is 0 Å². The summed E-state index contributed by atoms with van der Waals surface area (Å²) in [5.74, 6) is 1.56. The van der Waals surface area contributed by atoms with Crippen LogP contribution in [0.1, 0.15) is 58.8 Å². The van der Waals surface area contributed by atoms with E-state index >= 15 is 0 Å². The molecule has 1 heteroatoms. The smallest absolute Gasteiger partial charge is 0.0568 e. The Labute approximate surface area is 82.5 Å². The first-order valence-electron chi connectivity index (χ1n) is 5.96. The first kappa shape index (κ1) is 11.0. The number of hydrogen-bond donors (Lipinski definition) is 1. The van der Waals surface area contributed by atoms with Crippen LogP contribution in [0.15, 0.2) is 0 Å². The molecule has 0 spiro atoms. The summed E-state index contributed by atoms with van der Waals surface area (Å²) in [6.07, 6.45) is 8.67. The van der Waals surface area contributed by atoms with Crippen molar-refractivity contribution in [2.45, 2.75) is 64.9 Å². The second kappa shape index (κ2) is 5.64. The Kier molecular flexibility index (Phi) is 4.79. The molecule has 0 aromatic rings. The molecule has 0 heterocycles. The van der Waals surface area contributed by atoms with Gasteiger partial charge in [-0.25, -0.2) is 0 Å². The summed E-state index contributed by atoms with van der Waals surface area (Å²) in [6.45, 7) is 4.44. The molecule has 13 heavy (non-hydrogen) atoms. The maximum Gasteiger partial charge on any atom is 0.0568 e. The average molecular weight is 184 g/mol. The summed E-state index contributed by atoms with van der Waals surface area (Å²) in [6, 6.07) is 0. The lowest BCUT2D eigenvalue weighted by atomic mass is 9.78. The monoisotopic (exact) mass is 184 g/mol. The molecule has 1 fully saturated rings. The summed E-state index contributed by atoms with van der Waals surface area (Å²) in [4.78, 5) is 0. The molecule has 0 aliphatic heterocycles. The predicted octanol–water partition coefficient (Wildman–Crippen LogP) is 3.36. The maximum absolute atomic E-state index is 9.83. The zero-order chi connectivity index (χ0) is 9.68. The molecule has 1 aliphatic rings. The van der Waals surface area contributed by atoms with Crippen molar-refractivity contribution in [1.29, 1.82) is 0 Å². The van der Waals surface area contributed by atoms with Crippen LogP contribution in [0, 0.1) is 11.8 Å². The number of hydrogen-bond acceptors (Lipinski definition) is 1. The molecule has 78 valence electrons. The van der Waals surface area contributed by atoms with Gasteiger partial charge in [-0.2, -0.15) is 0 Å².